The molecule has 0 aliphatic carbocycles. The number of methoxy groups -OCH3 is 1. The molecule has 1 heterocycles. The molecule has 1 aliphatic rings. The third kappa shape index (κ3) is 4.61. The smallest absolute Gasteiger partial charge is 0.417 e. The largest absolute Gasteiger partial charge is 0.497 e. The van der Waals surface area contributed by atoms with E-state index in [1.54, 1.807) is 35.2 Å². The number of amides is 2. The number of piperazine rings is 1. The van der Waals surface area contributed by atoms with Gasteiger partial charge >= 0.3 is 6.18 Å². The minimum atomic E-state index is -4.69. The first kappa shape index (κ1) is 22.9. The van der Waals surface area contributed by atoms with Crippen molar-refractivity contribution >= 4 is 17.5 Å². The van der Waals surface area contributed by atoms with Gasteiger partial charge < -0.3 is 19.9 Å². The standard InChI is InChI=1S/C22H21F3N4O3/c1-27-20(30)19-13-28(16-6-3-15(12-26)18(11-16)22(23,24)25)9-10-29(19)21(31)14-4-7-17(32-2)8-5-14/h3-8,11,19H,9-10,13H2,1-2H3,(H,27,30). The summed E-state index contributed by atoms with van der Waals surface area (Å²) >= 11 is 0. The highest BCUT2D eigenvalue weighted by atomic mass is 19.4. The average molecular weight is 446 g/mol. The molecule has 0 saturated carbocycles. The van der Waals surface area contributed by atoms with E-state index in [4.69, 9.17) is 10.00 Å². The Balaban J connectivity index is 1.88. The zero-order valence-electron chi connectivity index (χ0n) is 17.4. The number of carbonyl (C=O) groups is 2. The van der Waals surface area contributed by atoms with Gasteiger partial charge in [0.2, 0.25) is 5.91 Å². The number of hydrogen-bond donors (Lipinski definition) is 1. The number of ether oxygens (including phenoxy) is 1. The lowest BCUT2D eigenvalue weighted by Gasteiger charge is -2.41. The first-order valence-corrected chi connectivity index (χ1v) is 9.72. The van der Waals surface area contributed by atoms with E-state index in [2.05, 4.69) is 5.32 Å². The second-order valence-corrected chi connectivity index (χ2v) is 7.14. The zero-order chi connectivity index (χ0) is 23.5. The minimum absolute atomic E-state index is 0.00473. The molecule has 7 nitrogen and oxygen atoms in total. The van der Waals surface area contributed by atoms with Crippen LogP contribution in [-0.4, -0.2) is 56.5 Å². The van der Waals surface area contributed by atoms with Crippen LogP contribution in [0.1, 0.15) is 21.5 Å². The molecule has 0 spiro atoms. The van der Waals surface area contributed by atoms with E-state index in [0.717, 1.165) is 12.1 Å². The predicted octanol–water partition coefficient (Wildman–Crippen LogP) is 2.66. The van der Waals surface area contributed by atoms with Crippen molar-refractivity contribution in [2.45, 2.75) is 12.2 Å². The van der Waals surface area contributed by atoms with Crippen LogP contribution in [0.3, 0.4) is 0 Å². The molecule has 2 aromatic carbocycles. The molecule has 1 fully saturated rings. The predicted molar refractivity (Wildman–Crippen MR) is 110 cm³/mol. The molecule has 1 unspecified atom stereocenters. The Labute approximate surface area is 183 Å². The van der Waals surface area contributed by atoms with Crippen molar-refractivity contribution in [2.75, 3.05) is 38.7 Å². The minimum Gasteiger partial charge on any atom is -0.497 e. The quantitative estimate of drug-likeness (QED) is 0.781. The van der Waals surface area contributed by atoms with Gasteiger partial charge in [0, 0.05) is 37.9 Å². The Morgan fingerprint density at radius 2 is 1.84 bits per heavy atom. The van der Waals surface area contributed by atoms with E-state index >= 15 is 0 Å². The summed E-state index contributed by atoms with van der Waals surface area (Å²) in [4.78, 5) is 28.6. The molecule has 2 aromatic rings. The van der Waals surface area contributed by atoms with E-state index in [0.29, 0.717) is 11.3 Å². The van der Waals surface area contributed by atoms with Gasteiger partial charge in [0.15, 0.2) is 0 Å². The molecule has 0 bridgehead atoms. The van der Waals surface area contributed by atoms with Crippen LogP contribution in [0.15, 0.2) is 42.5 Å². The highest BCUT2D eigenvalue weighted by Gasteiger charge is 2.37. The fourth-order valence-corrected chi connectivity index (χ4v) is 3.61. The second-order valence-electron chi connectivity index (χ2n) is 7.14. The molecule has 32 heavy (non-hydrogen) atoms. The Kier molecular flexibility index (Phi) is 6.58. The maximum atomic E-state index is 13.4. The number of nitrogens with one attached hydrogen (secondary N) is 1. The van der Waals surface area contributed by atoms with Crippen LogP contribution in [0.5, 0.6) is 5.75 Å². The molecule has 1 atom stereocenters. The second kappa shape index (κ2) is 9.18. The highest BCUT2D eigenvalue weighted by molar-refractivity contribution is 5.98. The number of carbonyl (C=O) groups excluding carboxylic acids is 2. The lowest BCUT2D eigenvalue weighted by atomic mass is 10.0. The van der Waals surface area contributed by atoms with Gasteiger partial charge in [0.25, 0.3) is 5.91 Å². The van der Waals surface area contributed by atoms with Gasteiger partial charge in [-0.05, 0) is 42.5 Å². The number of benzene rings is 2. The SMILES string of the molecule is CNC(=O)C1CN(c2ccc(C#N)c(C(F)(F)F)c2)CCN1C(=O)c1ccc(OC)cc1. The van der Waals surface area contributed by atoms with Crippen LogP contribution >= 0.6 is 0 Å². The summed E-state index contributed by atoms with van der Waals surface area (Å²) in [7, 11) is 2.94. The third-order valence-electron chi connectivity index (χ3n) is 5.32. The Bertz CT molecular complexity index is 1050. The van der Waals surface area contributed by atoms with Gasteiger partial charge in [-0.15, -0.1) is 0 Å². The summed E-state index contributed by atoms with van der Waals surface area (Å²) in [6, 6.07) is 10.5. The number of nitrogens with zero attached hydrogens (tertiary/aromatic N) is 3. The molecule has 2 amide bonds. The molecule has 1 aliphatic heterocycles. The van der Waals surface area contributed by atoms with Crippen molar-refractivity contribution in [2.24, 2.45) is 0 Å². The monoisotopic (exact) mass is 446 g/mol. The van der Waals surface area contributed by atoms with E-state index in [9.17, 15) is 22.8 Å². The van der Waals surface area contributed by atoms with Crippen LogP contribution in [0, 0.1) is 11.3 Å². The van der Waals surface area contributed by atoms with Crippen molar-refractivity contribution in [1.82, 2.24) is 10.2 Å². The molecular formula is C22H21F3N4O3. The van der Waals surface area contributed by atoms with E-state index in [-0.39, 0.29) is 31.2 Å². The van der Waals surface area contributed by atoms with E-state index in [1.807, 2.05) is 0 Å². The maximum Gasteiger partial charge on any atom is 0.417 e. The number of hydrogen-bond acceptors (Lipinski definition) is 5. The molecule has 168 valence electrons. The van der Waals surface area contributed by atoms with Crippen molar-refractivity contribution in [1.29, 1.82) is 5.26 Å². The van der Waals surface area contributed by atoms with Crippen LogP contribution < -0.4 is 15.0 Å². The van der Waals surface area contributed by atoms with Gasteiger partial charge in [-0.2, -0.15) is 18.4 Å². The van der Waals surface area contributed by atoms with E-state index in [1.165, 1.54) is 25.1 Å². The summed E-state index contributed by atoms with van der Waals surface area (Å²) in [6.45, 7) is 0.355. The van der Waals surface area contributed by atoms with Gasteiger partial charge in [-0.1, -0.05) is 0 Å². The third-order valence-corrected chi connectivity index (χ3v) is 5.32. The Morgan fingerprint density at radius 1 is 1.16 bits per heavy atom. The van der Waals surface area contributed by atoms with Gasteiger partial charge in [0.1, 0.15) is 11.8 Å². The van der Waals surface area contributed by atoms with Crippen LogP contribution in [-0.2, 0) is 11.0 Å². The lowest BCUT2D eigenvalue weighted by Crippen LogP contribution is -2.60. The van der Waals surface area contributed by atoms with Gasteiger partial charge in [-0.25, -0.2) is 0 Å². The van der Waals surface area contributed by atoms with Crippen molar-refractivity contribution in [3.63, 3.8) is 0 Å². The normalized spacial score (nSPS) is 16.3. The summed E-state index contributed by atoms with van der Waals surface area (Å²) in [5, 5.41) is 11.5. The van der Waals surface area contributed by atoms with Crippen LogP contribution in [0.25, 0.3) is 0 Å². The van der Waals surface area contributed by atoms with Gasteiger partial charge in [0.05, 0.1) is 24.3 Å². The first-order valence-electron chi connectivity index (χ1n) is 9.72. The molecule has 0 radical (unpaired) electrons. The Hall–Kier alpha value is -3.74. The molecule has 0 aromatic heterocycles. The van der Waals surface area contributed by atoms with Crippen molar-refractivity contribution in [3.8, 4) is 11.8 Å². The van der Waals surface area contributed by atoms with Crippen LogP contribution in [0.4, 0.5) is 18.9 Å². The number of alkyl halides is 3. The summed E-state index contributed by atoms with van der Waals surface area (Å²) in [5.41, 5.74) is -0.921. The summed E-state index contributed by atoms with van der Waals surface area (Å²) < 4.78 is 45.2. The fraction of sp³-hybridized carbons (Fsp3) is 0.318. The summed E-state index contributed by atoms with van der Waals surface area (Å²) in [6.07, 6.45) is -4.69. The number of rotatable bonds is 4. The maximum absolute atomic E-state index is 13.4. The van der Waals surface area contributed by atoms with Crippen LogP contribution in [0.2, 0.25) is 0 Å². The zero-order valence-corrected chi connectivity index (χ0v) is 17.4. The highest BCUT2D eigenvalue weighted by Crippen LogP contribution is 2.35. The number of anilines is 1. The molecule has 3 rings (SSSR count). The number of halogens is 3. The topological polar surface area (TPSA) is 85.7 Å². The Morgan fingerprint density at radius 3 is 2.41 bits per heavy atom. The van der Waals surface area contributed by atoms with Crippen molar-refractivity contribution < 1.29 is 27.5 Å². The van der Waals surface area contributed by atoms with Crippen molar-refractivity contribution in [3.05, 3.63) is 59.2 Å². The first-order chi connectivity index (χ1) is 15.2. The average Bonchev–Trinajstić information content (AvgIpc) is 2.81. The molecule has 10 heteroatoms. The molecule has 1 saturated heterocycles. The lowest BCUT2D eigenvalue weighted by molar-refractivity contribution is -0.137. The summed E-state index contributed by atoms with van der Waals surface area (Å²) in [5.74, 6) is -0.214. The molecular weight excluding hydrogens is 425 g/mol. The van der Waals surface area contributed by atoms with E-state index < -0.39 is 29.3 Å². The number of nitriles is 1. The number of likely N-dealkylation sites (N-methyl/N-ethyl adjacent to an activating group) is 1. The fourth-order valence-electron chi connectivity index (χ4n) is 3.61. The van der Waals surface area contributed by atoms with Gasteiger partial charge in [-0.3, -0.25) is 9.59 Å². The molecule has 1 N–H and O–H groups in total.